The van der Waals surface area contributed by atoms with Crippen LogP contribution in [-0.4, -0.2) is 40.8 Å². The number of fused-ring (bicyclic) bond motifs is 3. The van der Waals surface area contributed by atoms with Crippen molar-refractivity contribution in [3.63, 3.8) is 0 Å². The lowest BCUT2D eigenvalue weighted by atomic mass is 10.1. The third-order valence-corrected chi connectivity index (χ3v) is 5.00. The van der Waals surface area contributed by atoms with Crippen LogP contribution in [0.5, 0.6) is 0 Å². The van der Waals surface area contributed by atoms with Crippen LogP contribution in [0, 0.1) is 0 Å². The number of H-pyrrole nitrogens is 1. The third-order valence-electron chi connectivity index (χ3n) is 4.35. The maximum absolute atomic E-state index is 13.7. The molecule has 0 fully saturated rings. The van der Waals surface area contributed by atoms with Crippen LogP contribution < -0.4 is 5.56 Å². The van der Waals surface area contributed by atoms with E-state index in [-0.39, 0.29) is 29.0 Å². The second-order valence-electron chi connectivity index (χ2n) is 6.17. The van der Waals surface area contributed by atoms with Crippen molar-refractivity contribution < 1.29 is 27.6 Å². The lowest BCUT2D eigenvalue weighted by Gasteiger charge is -2.17. The zero-order chi connectivity index (χ0) is 21.7. The molecule has 2 N–H and O–H groups in total. The zero-order valence-electron chi connectivity index (χ0n) is 15.1. The SMILES string of the molecule is CCOC(O)([PH+]=O)c1nnc2c(=O)[nH]c3cc(C(F)(F)F)c(-n4ccnc4)cc3n12. The number of aromatic amines is 1. The largest absolute Gasteiger partial charge is 0.433 e. The summed E-state index contributed by atoms with van der Waals surface area (Å²) in [6.45, 7) is 1.48. The molecule has 0 spiro atoms. The van der Waals surface area contributed by atoms with E-state index in [1.165, 1.54) is 25.6 Å². The number of alkyl halides is 3. The van der Waals surface area contributed by atoms with Crippen molar-refractivity contribution in [2.24, 2.45) is 0 Å². The van der Waals surface area contributed by atoms with Gasteiger partial charge in [-0.15, -0.1) is 10.2 Å². The molecule has 4 rings (SSSR count). The Labute approximate surface area is 166 Å². The molecule has 0 amide bonds. The highest BCUT2D eigenvalue weighted by molar-refractivity contribution is 7.24. The minimum atomic E-state index is -4.74. The number of halogens is 3. The first-order valence-electron chi connectivity index (χ1n) is 8.46. The second-order valence-corrected chi connectivity index (χ2v) is 7.05. The van der Waals surface area contributed by atoms with Crippen molar-refractivity contribution in [2.75, 3.05) is 6.61 Å². The highest BCUT2D eigenvalue weighted by Crippen LogP contribution is 2.37. The fourth-order valence-corrected chi connectivity index (χ4v) is 3.57. The standard InChI is InChI=1S/C16H12F3N6O4P/c1-2-29-16(27,30-28)14-23-22-12-13(26)21-9-5-8(15(17,18)19)10(6-11(9)25(12)14)24-4-3-20-7-24/h3-7,27H,2H2,1H3,(H,21,26)/p+1. The number of benzene rings is 1. The average molecular weight is 441 g/mol. The van der Waals surface area contributed by atoms with Gasteiger partial charge in [0, 0.05) is 12.4 Å². The molecule has 10 nitrogen and oxygen atoms in total. The lowest BCUT2D eigenvalue weighted by Crippen LogP contribution is -2.26. The predicted octanol–water partition coefficient (Wildman–Crippen LogP) is 1.94. The van der Waals surface area contributed by atoms with Crippen molar-refractivity contribution in [1.82, 2.24) is 29.1 Å². The number of ether oxygens (including phenoxy) is 1. The zero-order valence-corrected chi connectivity index (χ0v) is 16.1. The van der Waals surface area contributed by atoms with E-state index in [0.29, 0.717) is 0 Å². The maximum atomic E-state index is 13.7. The molecule has 3 aromatic heterocycles. The molecule has 1 aromatic carbocycles. The quantitative estimate of drug-likeness (QED) is 0.358. The number of hydrogen-bond donors (Lipinski definition) is 2. The van der Waals surface area contributed by atoms with Crippen molar-refractivity contribution in [3.05, 3.63) is 52.6 Å². The molecule has 3 heterocycles. The van der Waals surface area contributed by atoms with E-state index in [0.717, 1.165) is 21.1 Å². The van der Waals surface area contributed by atoms with Gasteiger partial charge in [-0.05, 0) is 19.1 Å². The van der Waals surface area contributed by atoms with Crippen LogP contribution in [0.2, 0.25) is 0 Å². The molecule has 2 unspecified atom stereocenters. The summed E-state index contributed by atoms with van der Waals surface area (Å²) in [7, 11) is -1.45. The molecule has 0 bridgehead atoms. The molecule has 0 radical (unpaired) electrons. The van der Waals surface area contributed by atoms with Crippen LogP contribution >= 0.6 is 8.46 Å². The summed E-state index contributed by atoms with van der Waals surface area (Å²) in [5, 5.41) is 18.0. The summed E-state index contributed by atoms with van der Waals surface area (Å²) in [5.74, 6) is -0.403. The van der Waals surface area contributed by atoms with Gasteiger partial charge in [0.05, 0.1) is 35.2 Å². The third kappa shape index (κ3) is 3.07. The van der Waals surface area contributed by atoms with E-state index in [1.54, 1.807) is 0 Å². The van der Waals surface area contributed by atoms with Gasteiger partial charge in [0.1, 0.15) is 0 Å². The summed E-state index contributed by atoms with van der Waals surface area (Å²) < 4.78 is 60.0. The molecule has 0 saturated carbocycles. The molecule has 0 aliphatic rings. The lowest BCUT2D eigenvalue weighted by molar-refractivity contribution is -0.143. The molecule has 2 atom stereocenters. The predicted molar refractivity (Wildman–Crippen MR) is 97.8 cm³/mol. The first-order valence-corrected chi connectivity index (χ1v) is 9.37. The van der Waals surface area contributed by atoms with Gasteiger partial charge in [0.15, 0.2) is 0 Å². The van der Waals surface area contributed by atoms with E-state index in [9.17, 15) is 27.6 Å². The second kappa shape index (κ2) is 6.97. The Bertz CT molecular complexity index is 1320. The van der Waals surface area contributed by atoms with Gasteiger partial charge in [0.25, 0.3) is 11.4 Å². The number of aromatic nitrogens is 6. The van der Waals surface area contributed by atoms with E-state index < -0.39 is 37.1 Å². The number of rotatable bonds is 5. The van der Waals surface area contributed by atoms with Gasteiger partial charge < -0.3 is 19.4 Å². The average Bonchev–Trinajstić information content (AvgIpc) is 3.37. The number of imidazole rings is 1. The van der Waals surface area contributed by atoms with Gasteiger partial charge in [-0.1, -0.05) is 4.57 Å². The van der Waals surface area contributed by atoms with Crippen molar-refractivity contribution >= 4 is 25.1 Å². The Morgan fingerprint density at radius 1 is 1.30 bits per heavy atom. The van der Waals surface area contributed by atoms with Gasteiger partial charge in [-0.2, -0.15) is 13.2 Å². The molecule has 0 aliphatic heterocycles. The highest BCUT2D eigenvalue weighted by Gasteiger charge is 2.46. The molecule has 156 valence electrons. The highest BCUT2D eigenvalue weighted by atomic mass is 31.1. The Morgan fingerprint density at radius 2 is 2.07 bits per heavy atom. The summed E-state index contributed by atoms with van der Waals surface area (Å²) >= 11 is 0. The van der Waals surface area contributed by atoms with Crippen LogP contribution in [0.15, 0.2) is 35.6 Å². The van der Waals surface area contributed by atoms with E-state index in [1.807, 2.05) is 0 Å². The fraction of sp³-hybridized carbons (Fsp3) is 0.250. The van der Waals surface area contributed by atoms with Crippen LogP contribution in [0.1, 0.15) is 18.3 Å². The fourth-order valence-electron chi connectivity index (χ4n) is 3.11. The first-order chi connectivity index (χ1) is 14.2. The summed E-state index contributed by atoms with van der Waals surface area (Å²) in [6.07, 6.45) is -0.925. The van der Waals surface area contributed by atoms with E-state index >= 15 is 0 Å². The van der Waals surface area contributed by atoms with Crippen molar-refractivity contribution in [2.45, 2.75) is 18.6 Å². The van der Waals surface area contributed by atoms with E-state index in [4.69, 9.17) is 4.74 Å². The monoisotopic (exact) mass is 441 g/mol. The number of hydrogen-bond acceptors (Lipinski definition) is 7. The van der Waals surface area contributed by atoms with Gasteiger partial charge >= 0.3 is 20.2 Å². The van der Waals surface area contributed by atoms with E-state index in [2.05, 4.69) is 20.2 Å². The minimum absolute atomic E-state index is 0.0256. The van der Waals surface area contributed by atoms with Gasteiger partial charge in [0.2, 0.25) is 5.65 Å². The number of aliphatic hydroxyl groups is 1. The molecule has 0 aliphatic carbocycles. The molecular formula is C16H13F3N6O4P+. The molecule has 14 heteroatoms. The Hall–Kier alpha value is -3.15. The summed E-state index contributed by atoms with van der Waals surface area (Å²) in [6, 6.07) is 1.89. The Kier molecular flexibility index (Phi) is 4.68. The Balaban J connectivity index is 2.16. The molecule has 0 saturated heterocycles. The maximum Gasteiger partial charge on any atom is 0.433 e. The first kappa shape index (κ1) is 20.1. The van der Waals surface area contributed by atoms with Crippen LogP contribution in [0.25, 0.3) is 22.4 Å². The normalized spacial score (nSPS) is 14.6. The minimum Gasteiger partial charge on any atom is -0.320 e. The van der Waals surface area contributed by atoms with Gasteiger partial charge in [-0.25, -0.2) is 4.98 Å². The number of nitrogens with one attached hydrogen (secondary N) is 1. The topological polar surface area (TPSA) is 127 Å². The van der Waals surface area contributed by atoms with Crippen LogP contribution in [-0.2, 0) is 21.0 Å². The molecule has 30 heavy (non-hydrogen) atoms. The summed E-state index contributed by atoms with van der Waals surface area (Å²) in [4.78, 5) is 18.5. The summed E-state index contributed by atoms with van der Waals surface area (Å²) in [5.41, 5.74) is -5.06. The molecular weight excluding hydrogens is 428 g/mol. The van der Waals surface area contributed by atoms with Gasteiger partial charge in [-0.3, -0.25) is 9.20 Å². The molecule has 4 aromatic rings. The number of nitrogens with zero attached hydrogens (tertiary/aromatic N) is 5. The van der Waals surface area contributed by atoms with Crippen LogP contribution in [0.3, 0.4) is 0 Å². The smallest absolute Gasteiger partial charge is 0.320 e. The van der Waals surface area contributed by atoms with Crippen LogP contribution in [0.4, 0.5) is 13.2 Å². The van der Waals surface area contributed by atoms with Crippen molar-refractivity contribution in [3.8, 4) is 5.69 Å². The Morgan fingerprint density at radius 3 is 2.67 bits per heavy atom. The van der Waals surface area contributed by atoms with Crippen molar-refractivity contribution in [1.29, 1.82) is 0 Å².